The number of aryl methyl sites for hydroxylation is 1. The van der Waals surface area contributed by atoms with Crippen molar-refractivity contribution in [3.63, 3.8) is 0 Å². The summed E-state index contributed by atoms with van der Waals surface area (Å²) in [6.45, 7) is 7.81. The van der Waals surface area contributed by atoms with E-state index in [2.05, 4.69) is 26.1 Å². The average Bonchev–Trinajstić information content (AvgIpc) is 2.38. The average molecular weight is 284 g/mol. The molecular weight excluding hydrogens is 258 g/mol. The Hall–Kier alpha value is -0.730. The van der Waals surface area contributed by atoms with Crippen molar-refractivity contribution in [2.45, 2.75) is 46.1 Å². The number of hydrogen-bond donors (Lipinski definition) is 1. The molecule has 0 amide bonds. The van der Waals surface area contributed by atoms with Crippen molar-refractivity contribution in [2.24, 2.45) is 5.92 Å². The third-order valence-electron chi connectivity index (χ3n) is 3.43. The molecule has 0 radical (unpaired) electrons. The van der Waals surface area contributed by atoms with Crippen LogP contribution in [0.25, 0.3) is 0 Å². The van der Waals surface area contributed by atoms with Crippen LogP contribution in [0.3, 0.4) is 0 Å². The minimum absolute atomic E-state index is 0.545. The van der Waals surface area contributed by atoms with Crippen LogP contribution in [0, 0.1) is 5.92 Å². The second-order valence-electron chi connectivity index (χ2n) is 5.30. The van der Waals surface area contributed by atoms with Crippen LogP contribution in [0.2, 0.25) is 5.02 Å². The number of methoxy groups -OCH3 is 1. The molecule has 1 atom stereocenters. The minimum Gasteiger partial charge on any atom is -0.496 e. The Morgan fingerprint density at radius 3 is 2.63 bits per heavy atom. The summed E-state index contributed by atoms with van der Waals surface area (Å²) in [5.74, 6) is 1.57. The van der Waals surface area contributed by atoms with Gasteiger partial charge in [0.2, 0.25) is 0 Å². The second kappa shape index (κ2) is 8.44. The second-order valence-corrected chi connectivity index (χ2v) is 5.74. The number of ether oxygens (including phenoxy) is 1. The topological polar surface area (TPSA) is 21.3 Å². The summed E-state index contributed by atoms with van der Waals surface area (Å²) < 4.78 is 5.40. The molecule has 1 N–H and O–H groups in total. The molecule has 0 fully saturated rings. The van der Waals surface area contributed by atoms with Gasteiger partial charge >= 0.3 is 0 Å². The number of hydrogen-bond acceptors (Lipinski definition) is 2. The van der Waals surface area contributed by atoms with E-state index in [4.69, 9.17) is 16.3 Å². The van der Waals surface area contributed by atoms with Crippen LogP contribution < -0.4 is 10.1 Å². The summed E-state index contributed by atoms with van der Waals surface area (Å²) in [7, 11) is 1.71. The normalized spacial score (nSPS) is 12.7. The molecule has 0 aromatic heterocycles. The quantitative estimate of drug-likeness (QED) is 0.768. The predicted octanol–water partition coefficient (Wildman–Crippen LogP) is 4.31. The maximum atomic E-state index is 6.06. The van der Waals surface area contributed by atoms with Gasteiger partial charge in [-0.3, -0.25) is 0 Å². The van der Waals surface area contributed by atoms with E-state index >= 15 is 0 Å². The molecule has 0 saturated heterocycles. The third-order valence-corrected chi connectivity index (χ3v) is 3.66. The Labute approximate surface area is 122 Å². The molecule has 2 nitrogen and oxygen atoms in total. The van der Waals surface area contributed by atoms with Gasteiger partial charge in [0.1, 0.15) is 5.75 Å². The molecule has 0 aliphatic rings. The van der Waals surface area contributed by atoms with Crippen LogP contribution in [0.1, 0.15) is 39.2 Å². The predicted molar refractivity (Wildman–Crippen MR) is 83.2 cm³/mol. The molecule has 0 heterocycles. The molecular formula is C16H26ClNO. The monoisotopic (exact) mass is 283 g/mol. The van der Waals surface area contributed by atoms with E-state index in [-0.39, 0.29) is 0 Å². The van der Waals surface area contributed by atoms with E-state index in [0.29, 0.717) is 12.0 Å². The first-order valence-electron chi connectivity index (χ1n) is 7.14. The molecule has 0 bridgehead atoms. The highest BCUT2D eigenvalue weighted by atomic mass is 35.5. The lowest BCUT2D eigenvalue weighted by molar-refractivity contribution is 0.372. The van der Waals surface area contributed by atoms with Crippen LogP contribution in [0.15, 0.2) is 18.2 Å². The van der Waals surface area contributed by atoms with Crippen molar-refractivity contribution in [1.29, 1.82) is 0 Å². The van der Waals surface area contributed by atoms with Gasteiger partial charge in [-0.1, -0.05) is 32.4 Å². The fourth-order valence-corrected chi connectivity index (χ4v) is 2.45. The van der Waals surface area contributed by atoms with Crippen LogP contribution in [0.5, 0.6) is 5.75 Å². The van der Waals surface area contributed by atoms with Gasteiger partial charge < -0.3 is 10.1 Å². The first-order chi connectivity index (χ1) is 9.08. The summed E-state index contributed by atoms with van der Waals surface area (Å²) in [6.07, 6.45) is 3.27. The largest absolute Gasteiger partial charge is 0.496 e. The Kier molecular flexibility index (Phi) is 7.25. The fraction of sp³-hybridized carbons (Fsp3) is 0.625. The van der Waals surface area contributed by atoms with Gasteiger partial charge in [-0.2, -0.15) is 0 Å². The Morgan fingerprint density at radius 2 is 2.05 bits per heavy atom. The maximum absolute atomic E-state index is 6.06. The Balaban J connectivity index is 2.65. The van der Waals surface area contributed by atoms with Gasteiger partial charge in [-0.15, -0.1) is 0 Å². The molecule has 1 aromatic carbocycles. The zero-order chi connectivity index (χ0) is 14.3. The highest BCUT2D eigenvalue weighted by molar-refractivity contribution is 6.30. The first kappa shape index (κ1) is 16.3. The van der Waals surface area contributed by atoms with E-state index in [1.165, 1.54) is 12.0 Å². The van der Waals surface area contributed by atoms with Crippen molar-refractivity contribution < 1.29 is 4.74 Å². The highest BCUT2D eigenvalue weighted by Crippen LogP contribution is 2.25. The Bertz CT molecular complexity index is 379. The summed E-state index contributed by atoms with van der Waals surface area (Å²) >= 11 is 6.06. The highest BCUT2D eigenvalue weighted by Gasteiger charge is 2.13. The van der Waals surface area contributed by atoms with Gasteiger partial charge in [0.05, 0.1) is 7.11 Å². The number of halogens is 1. The standard InChI is InChI=1S/C16H26ClNO/c1-5-10-18-15(12(2)3)8-6-13-11-14(17)7-9-16(13)19-4/h7,9,11-12,15,18H,5-6,8,10H2,1-4H3. The van der Waals surface area contributed by atoms with Crippen molar-refractivity contribution in [2.75, 3.05) is 13.7 Å². The van der Waals surface area contributed by atoms with Gasteiger partial charge in [0.15, 0.2) is 0 Å². The molecule has 1 unspecified atom stereocenters. The third kappa shape index (κ3) is 5.42. The lowest BCUT2D eigenvalue weighted by atomic mass is 9.96. The fourth-order valence-electron chi connectivity index (χ4n) is 2.25. The zero-order valence-electron chi connectivity index (χ0n) is 12.5. The van der Waals surface area contributed by atoms with Crippen LogP contribution in [-0.4, -0.2) is 19.7 Å². The van der Waals surface area contributed by atoms with E-state index in [0.717, 1.165) is 30.2 Å². The molecule has 1 rings (SSSR count). The minimum atomic E-state index is 0.545. The lowest BCUT2D eigenvalue weighted by Crippen LogP contribution is -2.34. The lowest BCUT2D eigenvalue weighted by Gasteiger charge is -2.22. The summed E-state index contributed by atoms with van der Waals surface area (Å²) in [5.41, 5.74) is 1.19. The van der Waals surface area contributed by atoms with Gasteiger partial charge in [-0.25, -0.2) is 0 Å². The zero-order valence-corrected chi connectivity index (χ0v) is 13.3. The van der Waals surface area contributed by atoms with E-state index in [1.54, 1.807) is 7.11 Å². The molecule has 3 heteroatoms. The molecule has 108 valence electrons. The number of benzene rings is 1. The number of nitrogens with one attached hydrogen (secondary N) is 1. The van der Waals surface area contributed by atoms with Gasteiger partial charge in [0, 0.05) is 11.1 Å². The summed E-state index contributed by atoms with van der Waals surface area (Å²) in [5, 5.41) is 4.39. The van der Waals surface area contributed by atoms with E-state index in [1.807, 2.05) is 18.2 Å². The first-order valence-corrected chi connectivity index (χ1v) is 7.52. The van der Waals surface area contributed by atoms with Crippen LogP contribution in [0.4, 0.5) is 0 Å². The van der Waals surface area contributed by atoms with Crippen LogP contribution >= 0.6 is 11.6 Å². The Morgan fingerprint density at radius 1 is 1.32 bits per heavy atom. The molecule has 0 aliphatic heterocycles. The van der Waals surface area contributed by atoms with Crippen molar-refractivity contribution >= 4 is 11.6 Å². The van der Waals surface area contributed by atoms with E-state index < -0.39 is 0 Å². The molecule has 0 saturated carbocycles. The molecule has 0 spiro atoms. The number of rotatable bonds is 8. The smallest absolute Gasteiger partial charge is 0.122 e. The summed E-state index contributed by atoms with van der Waals surface area (Å²) in [6, 6.07) is 6.38. The van der Waals surface area contributed by atoms with Gasteiger partial charge in [-0.05, 0) is 55.5 Å². The van der Waals surface area contributed by atoms with Crippen LogP contribution in [-0.2, 0) is 6.42 Å². The molecule has 1 aromatic rings. The molecule has 0 aliphatic carbocycles. The molecule has 19 heavy (non-hydrogen) atoms. The SMILES string of the molecule is CCCNC(CCc1cc(Cl)ccc1OC)C(C)C. The van der Waals surface area contributed by atoms with Gasteiger partial charge in [0.25, 0.3) is 0 Å². The van der Waals surface area contributed by atoms with Crippen molar-refractivity contribution in [3.8, 4) is 5.75 Å². The van der Waals surface area contributed by atoms with Crippen molar-refractivity contribution in [3.05, 3.63) is 28.8 Å². The maximum Gasteiger partial charge on any atom is 0.122 e. The van der Waals surface area contributed by atoms with E-state index in [9.17, 15) is 0 Å². The summed E-state index contributed by atoms with van der Waals surface area (Å²) in [4.78, 5) is 0. The van der Waals surface area contributed by atoms with Crippen molar-refractivity contribution in [1.82, 2.24) is 5.32 Å².